The molecule has 0 bridgehead atoms. The van der Waals surface area contributed by atoms with Gasteiger partial charge in [-0.2, -0.15) is 5.26 Å². The number of nitrogens with zero attached hydrogens (tertiary/aromatic N) is 4. The third-order valence-electron chi connectivity index (χ3n) is 11.1. The van der Waals surface area contributed by atoms with Crippen molar-refractivity contribution in [2.45, 2.75) is 0 Å². The van der Waals surface area contributed by atoms with Gasteiger partial charge in [0.25, 0.3) is 0 Å². The molecule has 0 amide bonds. The highest BCUT2D eigenvalue weighted by Crippen LogP contribution is 2.44. The van der Waals surface area contributed by atoms with Gasteiger partial charge in [0, 0.05) is 61.5 Å². The number of pyridine rings is 1. The number of furan rings is 2. The van der Waals surface area contributed by atoms with E-state index in [1.54, 1.807) is 0 Å². The summed E-state index contributed by atoms with van der Waals surface area (Å²) in [6.45, 7) is 0. The Bertz CT molecular complexity index is 3590. The Morgan fingerprint density at radius 1 is 0.481 bits per heavy atom. The Kier molecular flexibility index (Phi) is 5.75. The van der Waals surface area contributed by atoms with Crippen molar-refractivity contribution in [2.75, 3.05) is 0 Å². The fourth-order valence-corrected chi connectivity index (χ4v) is 8.79. The molecular weight excluding hydrogens is 665 g/mol. The van der Waals surface area contributed by atoms with Crippen LogP contribution in [0, 0.1) is 11.3 Å². The zero-order valence-electron chi connectivity index (χ0n) is 28.6. The first-order valence-corrected chi connectivity index (χ1v) is 17.9. The van der Waals surface area contributed by atoms with E-state index < -0.39 is 0 Å². The molecule has 0 aliphatic rings. The number of rotatable bonds is 3. The highest BCUT2D eigenvalue weighted by molar-refractivity contribution is 6.25. The third-order valence-corrected chi connectivity index (χ3v) is 11.1. The summed E-state index contributed by atoms with van der Waals surface area (Å²) in [4.78, 5) is 4.63. The lowest BCUT2D eigenvalue weighted by Gasteiger charge is -2.16. The van der Waals surface area contributed by atoms with Crippen molar-refractivity contribution in [1.82, 2.24) is 14.1 Å². The molecular formula is C48H26N4O2. The molecule has 7 aromatic carbocycles. The second kappa shape index (κ2) is 10.7. The van der Waals surface area contributed by atoms with Crippen molar-refractivity contribution >= 4 is 87.5 Å². The molecule has 5 heterocycles. The molecule has 6 nitrogen and oxygen atoms in total. The zero-order valence-corrected chi connectivity index (χ0v) is 28.6. The molecule has 0 aliphatic carbocycles. The van der Waals surface area contributed by atoms with Crippen molar-refractivity contribution in [2.24, 2.45) is 0 Å². The molecule has 0 radical (unpaired) electrons. The van der Waals surface area contributed by atoms with Crippen molar-refractivity contribution in [3.63, 3.8) is 0 Å². The minimum Gasteiger partial charge on any atom is -0.455 e. The maximum atomic E-state index is 10.6. The summed E-state index contributed by atoms with van der Waals surface area (Å²) in [7, 11) is 0. The van der Waals surface area contributed by atoms with Crippen LogP contribution in [0.25, 0.3) is 110 Å². The van der Waals surface area contributed by atoms with Gasteiger partial charge in [0.05, 0.1) is 50.2 Å². The average molecular weight is 691 g/mol. The molecule has 0 saturated heterocycles. The lowest BCUT2D eigenvalue weighted by molar-refractivity contribution is 0.672. The number of aromatic nitrogens is 3. The number of hydrogen-bond donors (Lipinski definition) is 0. The van der Waals surface area contributed by atoms with Gasteiger partial charge in [0.1, 0.15) is 22.3 Å². The molecule has 6 heteroatoms. The molecule has 0 saturated carbocycles. The minimum absolute atomic E-state index is 0.564. The summed E-state index contributed by atoms with van der Waals surface area (Å²) in [5.41, 5.74) is 11.7. The summed E-state index contributed by atoms with van der Waals surface area (Å²) in [5, 5.41) is 19.3. The number of hydrogen-bond acceptors (Lipinski definition) is 4. The monoisotopic (exact) mass is 690 g/mol. The van der Waals surface area contributed by atoms with Crippen molar-refractivity contribution in [3.8, 4) is 28.6 Å². The number of benzene rings is 7. The van der Waals surface area contributed by atoms with E-state index in [-0.39, 0.29) is 0 Å². The molecule has 0 fully saturated rings. The van der Waals surface area contributed by atoms with E-state index in [2.05, 4.69) is 117 Å². The Morgan fingerprint density at radius 3 is 1.67 bits per heavy atom. The van der Waals surface area contributed by atoms with Gasteiger partial charge in [0.15, 0.2) is 0 Å². The fraction of sp³-hybridized carbons (Fsp3) is 0. The second-order valence-electron chi connectivity index (χ2n) is 13.8. The summed E-state index contributed by atoms with van der Waals surface area (Å²) in [6.07, 6.45) is 3.69. The van der Waals surface area contributed by atoms with Crippen LogP contribution < -0.4 is 0 Å². The van der Waals surface area contributed by atoms with Crippen LogP contribution in [0.15, 0.2) is 167 Å². The summed E-state index contributed by atoms with van der Waals surface area (Å²) in [6, 6.07) is 52.6. The van der Waals surface area contributed by atoms with E-state index in [1.807, 2.05) is 60.9 Å². The molecule has 12 rings (SSSR count). The van der Waals surface area contributed by atoms with Crippen LogP contribution in [-0.2, 0) is 0 Å². The van der Waals surface area contributed by atoms with E-state index in [1.165, 1.54) is 0 Å². The van der Waals surface area contributed by atoms with Gasteiger partial charge in [-0.3, -0.25) is 4.98 Å². The Hall–Kier alpha value is -7.62. The highest BCUT2D eigenvalue weighted by Gasteiger charge is 2.23. The first-order chi connectivity index (χ1) is 26.8. The summed E-state index contributed by atoms with van der Waals surface area (Å²) >= 11 is 0. The van der Waals surface area contributed by atoms with Crippen LogP contribution in [-0.4, -0.2) is 14.1 Å². The lowest BCUT2D eigenvalue weighted by Crippen LogP contribution is -2.01. The van der Waals surface area contributed by atoms with Gasteiger partial charge in [-0.1, -0.05) is 72.8 Å². The smallest absolute Gasteiger partial charge is 0.145 e. The first-order valence-electron chi connectivity index (χ1n) is 17.9. The average Bonchev–Trinajstić information content (AvgIpc) is 3.98. The molecule has 0 aliphatic heterocycles. The van der Waals surface area contributed by atoms with E-state index in [4.69, 9.17) is 8.83 Å². The van der Waals surface area contributed by atoms with Crippen LogP contribution >= 0.6 is 0 Å². The number of nitriles is 1. The van der Waals surface area contributed by atoms with E-state index >= 15 is 0 Å². The van der Waals surface area contributed by atoms with Crippen LogP contribution in [0.2, 0.25) is 0 Å². The van der Waals surface area contributed by atoms with Crippen LogP contribution in [0.3, 0.4) is 0 Å². The maximum Gasteiger partial charge on any atom is 0.145 e. The van der Waals surface area contributed by atoms with Crippen molar-refractivity contribution in [3.05, 3.63) is 164 Å². The highest BCUT2D eigenvalue weighted by atomic mass is 16.3. The van der Waals surface area contributed by atoms with E-state index in [9.17, 15) is 5.26 Å². The second-order valence-corrected chi connectivity index (χ2v) is 13.8. The van der Waals surface area contributed by atoms with Crippen molar-refractivity contribution in [1.29, 1.82) is 5.26 Å². The van der Waals surface area contributed by atoms with Crippen LogP contribution in [0.1, 0.15) is 5.56 Å². The molecule has 0 atom stereocenters. The van der Waals surface area contributed by atoms with Gasteiger partial charge in [-0.25, -0.2) is 0 Å². The number of para-hydroxylation sites is 4. The van der Waals surface area contributed by atoms with Gasteiger partial charge < -0.3 is 18.0 Å². The maximum absolute atomic E-state index is 10.6. The molecule has 0 N–H and O–H groups in total. The molecule has 250 valence electrons. The quantitative estimate of drug-likeness (QED) is 0.185. The standard InChI is InChI=1S/C48H26N4O2/c49-26-28-17-18-29(51-38-13-5-1-11-34(38)45-41(51)21-19-32-30-9-3-7-15-43(30)53-47(32)45)25-36(28)37-27-50-24-23-40(37)52-39-14-6-2-12-35(39)46-42(52)22-20-33-31-10-4-8-16-44(31)54-48(33)46/h1-25,27H. The van der Waals surface area contributed by atoms with Gasteiger partial charge in [-0.15, -0.1) is 0 Å². The molecule has 5 aromatic heterocycles. The van der Waals surface area contributed by atoms with E-state index in [0.717, 1.165) is 110 Å². The topological polar surface area (TPSA) is 72.8 Å². The zero-order chi connectivity index (χ0) is 35.5. The molecule has 0 unspecified atom stereocenters. The SMILES string of the molecule is N#Cc1ccc(-n2c3ccccc3c3c4oc5ccccc5c4ccc32)cc1-c1cnccc1-n1c2ccccc2c2c3oc4ccccc4c3ccc21. The van der Waals surface area contributed by atoms with Gasteiger partial charge in [0.2, 0.25) is 0 Å². The van der Waals surface area contributed by atoms with Crippen LogP contribution in [0.5, 0.6) is 0 Å². The Balaban J connectivity index is 1.13. The Labute approximate surface area is 306 Å². The van der Waals surface area contributed by atoms with Crippen molar-refractivity contribution < 1.29 is 8.83 Å². The largest absolute Gasteiger partial charge is 0.455 e. The molecule has 12 aromatic rings. The summed E-state index contributed by atoms with van der Waals surface area (Å²) in [5.74, 6) is 0. The molecule has 54 heavy (non-hydrogen) atoms. The first kappa shape index (κ1) is 29.0. The van der Waals surface area contributed by atoms with E-state index in [0.29, 0.717) is 5.56 Å². The van der Waals surface area contributed by atoms with Gasteiger partial charge in [-0.05, 0) is 72.8 Å². The summed E-state index contributed by atoms with van der Waals surface area (Å²) < 4.78 is 17.7. The lowest BCUT2D eigenvalue weighted by atomic mass is 9.99. The third kappa shape index (κ3) is 3.79. The Morgan fingerprint density at radius 2 is 1.04 bits per heavy atom. The predicted molar refractivity (Wildman–Crippen MR) is 218 cm³/mol. The van der Waals surface area contributed by atoms with Gasteiger partial charge >= 0.3 is 0 Å². The minimum atomic E-state index is 0.564. The predicted octanol–water partition coefficient (Wildman–Crippen LogP) is 12.6. The van der Waals surface area contributed by atoms with Crippen LogP contribution in [0.4, 0.5) is 0 Å². The molecule has 0 spiro atoms. The normalized spacial score (nSPS) is 12.1. The fourth-order valence-electron chi connectivity index (χ4n) is 8.79. The number of fused-ring (bicyclic) bond motifs is 14.